The van der Waals surface area contributed by atoms with Crippen LogP contribution < -0.4 is 25.3 Å². The second-order valence-electron chi connectivity index (χ2n) is 5.27. The van der Waals surface area contributed by atoms with Gasteiger partial charge in [-0.05, 0) is 12.5 Å². The Morgan fingerprint density at radius 1 is 1.38 bits per heavy atom. The summed E-state index contributed by atoms with van der Waals surface area (Å²) in [6.45, 7) is 6.79. The van der Waals surface area contributed by atoms with Crippen molar-refractivity contribution in [1.82, 2.24) is 5.32 Å². The predicted octanol–water partition coefficient (Wildman–Crippen LogP) is 1.56. The summed E-state index contributed by atoms with van der Waals surface area (Å²) >= 11 is 0. The van der Waals surface area contributed by atoms with Crippen molar-refractivity contribution < 1.29 is 19.0 Å². The van der Waals surface area contributed by atoms with Gasteiger partial charge in [-0.2, -0.15) is 0 Å². The van der Waals surface area contributed by atoms with Crippen molar-refractivity contribution in [1.29, 1.82) is 0 Å². The van der Waals surface area contributed by atoms with Crippen LogP contribution >= 0.6 is 0 Å². The third-order valence-corrected chi connectivity index (χ3v) is 3.21. The fourth-order valence-corrected chi connectivity index (χ4v) is 2.02. The highest BCUT2D eigenvalue weighted by Crippen LogP contribution is 2.38. The molecule has 0 bridgehead atoms. The van der Waals surface area contributed by atoms with E-state index in [1.54, 1.807) is 6.07 Å². The summed E-state index contributed by atoms with van der Waals surface area (Å²) in [5.74, 6) is 1.43. The molecule has 0 aromatic heterocycles. The van der Waals surface area contributed by atoms with Gasteiger partial charge >= 0.3 is 0 Å². The highest BCUT2D eigenvalue weighted by atomic mass is 16.7. The summed E-state index contributed by atoms with van der Waals surface area (Å²) in [5, 5.41) is 3.32. The van der Waals surface area contributed by atoms with E-state index in [0.717, 1.165) is 5.56 Å². The van der Waals surface area contributed by atoms with Crippen LogP contribution in [0.15, 0.2) is 12.1 Å². The number of carbonyl (C=O) groups is 1. The molecule has 6 heteroatoms. The van der Waals surface area contributed by atoms with Gasteiger partial charge in [0, 0.05) is 24.2 Å². The number of ether oxygens (including phenoxy) is 3. The third-order valence-electron chi connectivity index (χ3n) is 3.21. The second-order valence-corrected chi connectivity index (χ2v) is 5.27. The summed E-state index contributed by atoms with van der Waals surface area (Å²) in [7, 11) is 0. The molecule has 0 saturated carbocycles. The van der Waals surface area contributed by atoms with Gasteiger partial charge in [-0.15, -0.1) is 0 Å². The summed E-state index contributed by atoms with van der Waals surface area (Å²) in [6, 6.07) is 3.97. The van der Waals surface area contributed by atoms with Crippen LogP contribution in [0.4, 0.5) is 0 Å². The maximum Gasteiger partial charge on any atom is 0.258 e. The summed E-state index contributed by atoms with van der Waals surface area (Å²) in [4.78, 5) is 11.4. The first-order valence-electron chi connectivity index (χ1n) is 7.13. The zero-order valence-corrected chi connectivity index (χ0v) is 12.6. The molecule has 3 N–H and O–H groups in total. The molecule has 2 rings (SSSR count). The van der Waals surface area contributed by atoms with Crippen LogP contribution in [0, 0.1) is 0 Å². The van der Waals surface area contributed by atoms with E-state index < -0.39 is 12.0 Å². The van der Waals surface area contributed by atoms with Crippen molar-refractivity contribution in [2.24, 2.45) is 5.73 Å². The van der Waals surface area contributed by atoms with Crippen LogP contribution in [0.3, 0.4) is 0 Å². The van der Waals surface area contributed by atoms with Gasteiger partial charge in [-0.25, -0.2) is 0 Å². The lowest BCUT2D eigenvalue weighted by Crippen LogP contribution is -2.33. The number of fused-ring (bicyclic) bond motifs is 1. The number of hydrogen-bond acceptors (Lipinski definition) is 5. The number of nitrogens with two attached hydrogens (primary N) is 1. The number of benzene rings is 1. The van der Waals surface area contributed by atoms with Crippen LogP contribution in [0.1, 0.15) is 32.8 Å². The van der Waals surface area contributed by atoms with Gasteiger partial charge in [0.25, 0.3) is 5.91 Å². The first-order valence-corrected chi connectivity index (χ1v) is 7.13. The van der Waals surface area contributed by atoms with Crippen molar-refractivity contribution in [3.8, 4) is 17.2 Å². The number of nitrogens with one attached hydrogen (secondary N) is 1. The second kappa shape index (κ2) is 6.67. The van der Waals surface area contributed by atoms with Crippen LogP contribution in [0.2, 0.25) is 0 Å². The zero-order chi connectivity index (χ0) is 15.4. The van der Waals surface area contributed by atoms with Crippen molar-refractivity contribution >= 4 is 5.91 Å². The Morgan fingerprint density at radius 3 is 2.62 bits per heavy atom. The number of amides is 1. The van der Waals surface area contributed by atoms with Crippen molar-refractivity contribution in [2.75, 3.05) is 6.79 Å². The Bertz CT molecular complexity index is 517. The number of rotatable bonds is 7. The molecule has 1 unspecified atom stereocenters. The molecule has 6 nitrogen and oxygen atoms in total. The van der Waals surface area contributed by atoms with E-state index in [-0.39, 0.29) is 6.79 Å². The highest BCUT2D eigenvalue weighted by Gasteiger charge is 2.22. The molecule has 116 valence electrons. The van der Waals surface area contributed by atoms with Gasteiger partial charge in [-0.3, -0.25) is 4.79 Å². The smallest absolute Gasteiger partial charge is 0.258 e. The van der Waals surface area contributed by atoms with Gasteiger partial charge in [0.15, 0.2) is 17.6 Å². The molecule has 1 heterocycles. The zero-order valence-electron chi connectivity index (χ0n) is 12.6. The maximum absolute atomic E-state index is 11.4. The lowest BCUT2D eigenvalue weighted by Gasteiger charge is -2.18. The first kappa shape index (κ1) is 15.4. The molecule has 0 saturated heterocycles. The minimum atomic E-state index is -0.650. The van der Waals surface area contributed by atoms with Crippen molar-refractivity contribution in [2.45, 2.75) is 45.9 Å². The SMILES string of the molecule is CCC(Oc1cc2c(cc1CNC(C)C)OCO2)C(N)=O. The van der Waals surface area contributed by atoms with Gasteiger partial charge in [-0.1, -0.05) is 20.8 Å². The summed E-state index contributed by atoms with van der Waals surface area (Å²) in [5.41, 5.74) is 6.25. The topological polar surface area (TPSA) is 82.8 Å². The summed E-state index contributed by atoms with van der Waals surface area (Å²) < 4.78 is 16.5. The van der Waals surface area contributed by atoms with Crippen LogP contribution in [-0.2, 0) is 11.3 Å². The quantitative estimate of drug-likeness (QED) is 0.797. The molecule has 0 radical (unpaired) electrons. The normalized spacial score (nSPS) is 14.3. The highest BCUT2D eigenvalue weighted by molar-refractivity contribution is 5.79. The lowest BCUT2D eigenvalue weighted by atomic mass is 10.1. The number of hydrogen-bond donors (Lipinski definition) is 2. The van der Waals surface area contributed by atoms with Gasteiger partial charge in [0.05, 0.1) is 0 Å². The van der Waals surface area contributed by atoms with E-state index in [4.69, 9.17) is 19.9 Å². The van der Waals surface area contributed by atoms with Crippen molar-refractivity contribution in [3.05, 3.63) is 17.7 Å². The standard InChI is InChI=1S/C15H22N2O4/c1-4-11(15(16)18)21-12-6-14-13(19-8-20-14)5-10(12)7-17-9(2)3/h5-6,9,11,17H,4,7-8H2,1-3H3,(H2,16,18). The fourth-order valence-electron chi connectivity index (χ4n) is 2.02. The van der Waals surface area contributed by atoms with E-state index in [2.05, 4.69) is 19.2 Å². The Labute approximate surface area is 124 Å². The van der Waals surface area contributed by atoms with Crippen LogP contribution in [0.5, 0.6) is 17.2 Å². The Balaban J connectivity index is 2.25. The minimum Gasteiger partial charge on any atom is -0.480 e. The maximum atomic E-state index is 11.4. The molecule has 0 spiro atoms. The molecule has 1 aromatic rings. The van der Waals surface area contributed by atoms with Gasteiger partial charge < -0.3 is 25.3 Å². The first-order chi connectivity index (χ1) is 10.0. The van der Waals surface area contributed by atoms with E-state index in [0.29, 0.717) is 36.3 Å². The molecule has 0 fully saturated rings. The molecule has 1 amide bonds. The Kier molecular flexibility index (Phi) is 4.90. The predicted molar refractivity (Wildman–Crippen MR) is 78.4 cm³/mol. The van der Waals surface area contributed by atoms with E-state index >= 15 is 0 Å². The molecule has 1 aromatic carbocycles. The molecular weight excluding hydrogens is 272 g/mol. The van der Waals surface area contributed by atoms with E-state index in [1.165, 1.54) is 0 Å². The van der Waals surface area contributed by atoms with Crippen LogP contribution in [0.25, 0.3) is 0 Å². The van der Waals surface area contributed by atoms with Crippen molar-refractivity contribution in [3.63, 3.8) is 0 Å². The molecule has 1 atom stereocenters. The van der Waals surface area contributed by atoms with Gasteiger partial charge in [0.1, 0.15) is 5.75 Å². The number of primary amides is 1. The Hall–Kier alpha value is -1.95. The average molecular weight is 294 g/mol. The van der Waals surface area contributed by atoms with Crippen LogP contribution in [-0.4, -0.2) is 24.8 Å². The van der Waals surface area contributed by atoms with E-state index in [9.17, 15) is 4.79 Å². The fraction of sp³-hybridized carbons (Fsp3) is 0.533. The third kappa shape index (κ3) is 3.78. The van der Waals surface area contributed by atoms with E-state index in [1.807, 2.05) is 13.0 Å². The molecule has 0 aliphatic carbocycles. The number of carbonyl (C=O) groups excluding carboxylic acids is 1. The average Bonchev–Trinajstić information content (AvgIpc) is 2.88. The molecular formula is C15H22N2O4. The van der Waals surface area contributed by atoms with Gasteiger partial charge in [0.2, 0.25) is 6.79 Å². The summed E-state index contributed by atoms with van der Waals surface area (Å²) in [6.07, 6.45) is -0.135. The lowest BCUT2D eigenvalue weighted by molar-refractivity contribution is -0.124. The monoisotopic (exact) mass is 294 g/mol. The molecule has 1 aliphatic heterocycles. The molecule has 1 aliphatic rings. The largest absolute Gasteiger partial charge is 0.480 e. The molecule has 21 heavy (non-hydrogen) atoms. The minimum absolute atomic E-state index is 0.197. The Morgan fingerprint density at radius 2 is 2.05 bits per heavy atom.